The summed E-state index contributed by atoms with van der Waals surface area (Å²) in [6.07, 6.45) is 0. The second kappa shape index (κ2) is 8.83. The fraction of sp³-hybridized carbons (Fsp3) is 0.381. The highest BCUT2D eigenvalue weighted by Crippen LogP contribution is 2.16. The number of hydrogen-bond donors (Lipinski definition) is 3. The fourth-order valence-electron chi connectivity index (χ4n) is 3.55. The van der Waals surface area contributed by atoms with Crippen LogP contribution < -0.4 is 19.9 Å². The van der Waals surface area contributed by atoms with E-state index in [9.17, 15) is 4.79 Å². The fourth-order valence-corrected chi connectivity index (χ4v) is 3.55. The Labute approximate surface area is 155 Å². The van der Waals surface area contributed by atoms with Gasteiger partial charge in [-0.3, -0.25) is 4.79 Å². The van der Waals surface area contributed by atoms with E-state index in [4.69, 9.17) is 4.74 Å². The van der Waals surface area contributed by atoms with Crippen LogP contribution in [0.25, 0.3) is 0 Å². The highest BCUT2D eigenvalue weighted by atomic mass is 16.5. The molecule has 0 atom stereocenters. The molecular weight excluding hydrogens is 326 g/mol. The Balaban J connectivity index is 1.44. The van der Waals surface area contributed by atoms with Crippen molar-refractivity contribution in [3.8, 4) is 5.75 Å². The van der Waals surface area contributed by atoms with Gasteiger partial charge in [0.05, 0.1) is 7.11 Å². The number of quaternary nitrogens is 2. The molecule has 0 radical (unpaired) electrons. The predicted octanol–water partition coefficient (Wildman–Crippen LogP) is -0.0743. The minimum atomic E-state index is 0.0652. The number of ether oxygens (including phenoxy) is 1. The number of carbonyl (C=O) groups is 1. The average Bonchev–Trinajstić information content (AvgIpc) is 2.63. The number of anilines is 1. The van der Waals surface area contributed by atoms with Gasteiger partial charge in [0.1, 0.15) is 38.5 Å². The standard InChI is InChI=1S/C21H27N3O2/c1-17-5-3-6-18(13-17)15-23-9-11-24(12-10-23)16-21(25)22-19-7-4-8-20(14-19)26-2/h3-8,13-14H,9-12,15-16H2,1-2H3,(H,22,25)/p+2. The van der Waals surface area contributed by atoms with E-state index in [0.29, 0.717) is 6.54 Å². The zero-order valence-electron chi connectivity index (χ0n) is 15.7. The van der Waals surface area contributed by atoms with Gasteiger partial charge in [-0.2, -0.15) is 0 Å². The molecule has 26 heavy (non-hydrogen) atoms. The topological polar surface area (TPSA) is 47.2 Å². The normalized spacial score (nSPS) is 19.8. The molecule has 1 fully saturated rings. The zero-order valence-corrected chi connectivity index (χ0v) is 15.7. The molecule has 5 nitrogen and oxygen atoms in total. The highest BCUT2D eigenvalue weighted by Gasteiger charge is 2.24. The molecule has 1 aliphatic rings. The Bertz CT molecular complexity index is 740. The van der Waals surface area contributed by atoms with E-state index in [0.717, 1.165) is 44.2 Å². The van der Waals surface area contributed by atoms with Gasteiger partial charge in [0.15, 0.2) is 6.54 Å². The van der Waals surface area contributed by atoms with Crippen LogP contribution in [0.5, 0.6) is 5.75 Å². The largest absolute Gasteiger partial charge is 0.497 e. The molecule has 0 bridgehead atoms. The number of piperazine rings is 1. The van der Waals surface area contributed by atoms with Gasteiger partial charge in [0.25, 0.3) is 5.91 Å². The Kier molecular flexibility index (Phi) is 6.26. The van der Waals surface area contributed by atoms with Crippen LogP contribution in [-0.4, -0.2) is 45.7 Å². The molecule has 1 amide bonds. The van der Waals surface area contributed by atoms with Gasteiger partial charge < -0.3 is 19.9 Å². The summed E-state index contributed by atoms with van der Waals surface area (Å²) < 4.78 is 5.20. The first-order valence-electron chi connectivity index (χ1n) is 9.29. The van der Waals surface area contributed by atoms with Gasteiger partial charge in [0, 0.05) is 17.3 Å². The van der Waals surface area contributed by atoms with E-state index in [2.05, 4.69) is 36.5 Å². The summed E-state index contributed by atoms with van der Waals surface area (Å²) >= 11 is 0. The Morgan fingerprint density at radius 2 is 1.77 bits per heavy atom. The molecular formula is C21H29N3O2+2. The van der Waals surface area contributed by atoms with E-state index in [-0.39, 0.29) is 5.91 Å². The molecule has 138 valence electrons. The number of methoxy groups -OCH3 is 1. The SMILES string of the molecule is COc1cccc(NC(=O)C[NH+]2CC[NH+](Cc3cccc(C)c3)CC2)c1. The van der Waals surface area contributed by atoms with Crippen molar-refractivity contribution in [2.24, 2.45) is 0 Å². The lowest BCUT2D eigenvalue weighted by molar-refractivity contribution is -1.02. The number of carbonyl (C=O) groups excluding carboxylic acids is 1. The predicted molar refractivity (Wildman–Crippen MR) is 103 cm³/mol. The molecule has 0 unspecified atom stereocenters. The second-order valence-electron chi connectivity index (χ2n) is 7.12. The molecule has 2 aromatic carbocycles. The maximum absolute atomic E-state index is 12.3. The van der Waals surface area contributed by atoms with E-state index >= 15 is 0 Å². The number of benzene rings is 2. The van der Waals surface area contributed by atoms with Crippen molar-refractivity contribution in [2.45, 2.75) is 13.5 Å². The third-order valence-electron chi connectivity index (χ3n) is 4.96. The molecule has 1 aliphatic heterocycles. The summed E-state index contributed by atoms with van der Waals surface area (Å²) in [7, 11) is 1.63. The highest BCUT2D eigenvalue weighted by molar-refractivity contribution is 5.91. The quantitative estimate of drug-likeness (QED) is 0.679. The molecule has 0 aromatic heterocycles. The minimum Gasteiger partial charge on any atom is -0.497 e. The summed E-state index contributed by atoms with van der Waals surface area (Å²) in [5, 5.41) is 2.97. The van der Waals surface area contributed by atoms with Crippen LogP contribution in [0.3, 0.4) is 0 Å². The molecule has 2 aromatic rings. The zero-order chi connectivity index (χ0) is 18.4. The maximum Gasteiger partial charge on any atom is 0.279 e. The lowest BCUT2D eigenvalue weighted by Gasteiger charge is -2.29. The third-order valence-corrected chi connectivity index (χ3v) is 4.96. The summed E-state index contributed by atoms with van der Waals surface area (Å²) in [5.41, 5.74) is 3.51. The van der Waals surface area contributed by atoms with Crippen LogP contribution in [-0.2, 0) is 11.3 Å². The number of amides is 1. The van der Waals surface area contributed by atoms with Crippen molar-refractivity contribution in [1.29, 1.82) is 0 Å². The van der Waals surface area contributed by atoms with Crippen molar-refractivity contribution in [2.75, 3.05) is 45.2 Å². The molecule has 1 heterocycles. The number of aryl methyl sites for hydroxylation is 1. The van der Waals surface area contributed by atoms with Crippen molar-refractivity contribution < 1.29 is 19.3 Å². The monoisotopic (exact) mass is 355 g/mol. The van der Waals surface area contributed by atoms with Crippen molar-refractivity contribution in [1.82, 2.24) is 0 Å². The van der Waals surface area contributed by atoms with Gasteiger partial charge in [-0.25, -0.2) is 0 Å². The first kappa shape index (κ1) is 18.4. The first-order chi connectivity index (χ1) is 12.6. The molecule has 5 heteroatoms. The van der Waals surface area contributed by atoms with E-state index in [1.54, 1.807) is 12.0 Å². The summed E-state index contributed by atoms with van der Waals surface area (Å²) in [4.78, 5) is 15.3. The molecule has 3 rings (SSSR count). The Morgan fingerprint density at radius 1 is 1.04 bits per heavy atom. The lowest BCUT2D eigenvalue weighted by Crippen LogP contribution is -3.28. The molecule has 0 aliphatic carbocycles. The molecule has 1 saturated heterocycles. The van der Waals surface area contributed by atoms with Gasteiger partial charge >= 0.3 is 0 Å². The third kappa shape index (κ3) is 5.31. The van der Waals surface area contributed by atoms with E-state index in [1.807, 2.05) is 24.3 Å². The number of hydrogen-bond acceptors (Lipinski definition) is 2. The smallest absolute Gasteiger partial charge is 0.279 e. The second-order valence-corrected chi connectivity index (χ2v) is 7.12. The van der Waals surface area contributed by atoms with E-state index in [1.165, 1.54) is 16.0 Å². The van der Waals surface area contributed by atoms with Crippen molar-refractivity contribution in [3.63, 3.8) is 0 Å². The molecule has 0 saturated carbocycles. The van der Waals surface area contributed by atoms with E-state index < -0.39 is 0 Å². The maximum atomic E-state index is 12.3. The number of rotatable bonds is 6. The van der Waals surface area contributed by atoms with Crippen LogP contribution in [0.15, 0.2) is 48.5 Å². The van der Waals surface area contributed by atoms with Gasteiger partial charge in [-0.1, -0.05) is 35.9 Å². The Hall–Kier alpha value is -2.37. The van der Waals surface area contributed by atoms with Crippen molar-refractivity contribution >= 4 is 11.6 Å². The summed E-state index contributed by atoms with van der Waals surface area (Å²) in [5.74, 6) is 0.818. The number of nitrogens with one attached hydrogen (secondary N) is 3. The molecule has 3 N–H and O–H groups in total. The average molecular weight is 355 g/mol. The van der Waals surface area contributed by atoms with Crippen LogP contribution in [0.2, 0.25) is 0 Å². The Morgan fingerprint density at radius 3 is 2.50 bits per heavy atom. The van der Waals surface area contributed by atoms with Crippen molar-refractivity contribution in [3.05, 3.63) is 59.7 Å². The van der Waals surface area contributed by atoms with Crippen LogP contribution >= 0.6 is 0 Å². The molecule has 0 spiro atoms. The van der Waals surface area contributed by atoms with Crippen LogP contribution in [0.1, 0.15) is 11.1 Å². The summed E-state index contributed by atoms with van der Waals surface area (Å²) in [6.45, 7) is 8.02. The first-order valence-corrected chi connectivity index (χ1v) is 9.29. The van der Waals surface area contributed by atoms with Gasteiger partial charge in [-0.15, -0.1) is 0 Å². The van der Waals surface area contributed by atoms with Gasteiger partial charge in [-0.05, 0) is 19.1 Å². The van der Waals surface area contributed by atoms with Crippen LogP contribution in [0.4, 0.5) is 5.69 Å². The minimum absolute atomic E-state index is 0.0652. The summed E-state index contributed by atoms with van der Waals surface area (Å²) in [6, 6.07) is 16.2. The lowest BCUT2D eigenvalue weighted by atomic mass is 10.1. The van der Waals surface area contributed by atoms with Crippen LogP contribution in [0, 0.1) is 6.92 Å². The van der Waals surface area contributed by atoms with Gasteiger partial charge in [0.2, 0.25) is 0 Å².